The van der Waals surface area contributed by atoms with Gasteiger partial charge in [0, 0.05) is 24.2 Å². The van der Waals surface area contributed by atoms with Gasteiger partial charge in [-0.2, -0.15) is 0 Å². The van der Waals surface area contributed by atoms with E-state index in [0.29, 0.717) is 30.0 Å². The summed E-state index contributed by atoms with van der Waals surface area (Å²) in [4.78, 5) is 38.2. The first-order valence-electron chi connectivity index (χ1n) is 9.31. The van der Waals surface area contributed by atoms with Crippen LogP contribution in [0.5, 0.6) is 5.75 Å². The number of likely N-dealkylation sites (tertiary alicyclic amines) is 1. The summed E-state index contributed by atoms with van der Waals surface area (Å²) >= 11 is 0. The SMILES string of the molecule is CC(=O)c1ccc(OCC(=O)O[C@H](C(=O)N2CCCC2)c2ccccc2)cc1. The number of Topliss-reactive ketones (excluding diaryl/α,β-unsaturated/α-hetero) is 1. The largest absolute Gasteiger partial charge is 0.482 e. The quantitative estimate of drug-likeness (QED) is 0.544. The fourth-order valence-corrected chi connectivity index (χ4v) is 3.09. The topological polar surface area (TPSA) is 72.9 Å². The standard InChI is InChI=1S/C22H23NO5/c1-16(24)17-9-11-19(12-10-17)27-15-20(25)28-21(18-7-3-2-4-8-18)22(26)23-13-5-6-14-23/h2-4,7-12,21H,5-6,13-15H2,1H3/t21-/m0/s1. The van der Waals surface area contributed by atoms with E-state index in [1.165, 1.54) is 6.92 Å². The maximum absolute atomic E-state index is 12.8. The van der Waals surface area contributed by atoms with Crippen molar-refractivity contribution in [1.82, 2.24) is 4.90 Å². The maximum Gasteiger partial charge on any atom is 0.345 e. The van der Waals surface area contributed by atoms with Gasteiger partial charge >= 0.3 is 5.97 Å². The number of amides is 1. The molecule has 1 atom stereocenters. The fraction of sp³-hybridized carbons (Fsp3) is 0.318. The van der Waals surface area contributed by atoms with Crippen molar-refractivity contribution in [1.29, 1.82) is 0 Å². The lowest BCUT2D eigenvalue weighted by molar-refractivity contribution is -0.162. The van der Waals surface area contributed by atoms with E-state index in [9.17, 15) is 14.4 Å². The highest BCUT2D eigenvalue weighted by Gasteiger charge is 2.31. The first kappa shape index (κ1) is 19.6. The molecule has 0 aliphatic carbocycles. The Morgan fingerprint density at radius 2 is 1.61 bits per heavy atom. The van der Waals surface area contributed by atoms with Crippen LogP contribution in [0.4, 0.5) is 0 Å². The molecule has 1 saturated heterocycles. The second-order valence-electron chi connectivity index (χ2n) is 6.68. The average Bonchev–Trinajstić information content (AvgIpc) is 3.26. The highest BCUT2D eigenvalue weighted by Crippen LogP contribution is 2.23. The third-order valence-corrected chi connectivity index (χ3v) is 4.61. The molecule has 0 saturated carbocycles. The molecule has 0 spiro atoms. The molecule has 28 heavy (non-hydrogen) atoms. The first-order chi connectivity index (χ1) is 13.5. The van der Waals surface area contributed by atoms with Crippen molar-refractivity contribution in [3.63, 3.8) is 0 Å². The summed E-state index contributed by atoms with van der Waals surface area (Å²) in [6.07, 6.45) is 0.941. The lowest BCUT2D eigenvalue weighted by Gasteiger charge is -2.23. The molecular formula is C22H23NO5. The molecule has 1 heterocycles. The number of ketones is 1. The summed E-state index contributed by atoms with van der Waals surface area (Å²) < 4.78 is 10.9. The van der Waals surface area contributed by atoms with Gasteiger partial charge in [-0.05, 0) is 44.0 Å². The molecule has 3 rings (SSSR count). The molecule has 0 N–H and O–H groups in total. The summed E-state index contributed by atoms with van der Waals surface area (Å²) in [6.45, 7) is 2.52. The van der Waals surface area contributed by atoms with Crippen LogP contribution in [0.15, 0.2) is 54.6 Å². The minimum Gasteiger partial charge on any atom is -0.482 e. The molecule has 1 fully saturated rings. The predicted molar refractivity (Wildman–Crippen MR) is 103 cm³/mol. The smallest absolute Gasteiger partial charge is 0.345 e. The fourth-order valence-electron chi connectivity index (χ4n) is 3.09. The highest BCUT2D eigenvalue weighted by atomic mass is 16.6. The molecule has 1 amide bonds. The van der Waals surface area contributed by atoms with E-state index in [1.807, 2.05) is 6.07 Å². The summed E-state index contributed by atoms with van der Waals surface area (Å²) in [5.41, 5.74) is 1.20. The number of carbonyl (C=O) groups is 3. The molecule has 2 aromatic carbocycles. The van der Waals surface area contributed by atoms with Crippen LogP contribution in [-0.4, -0.2) is 42.3 Å². The third kappa shape index (κ3) is 4.97. The van der Waals surface area contributed by atoms with Crippen molar-refractivity contribution in [2.75, 3.05) is 19.7 Å². The summed E-state index contributed by atoms with van der Waals surface area (Å²) in [6, 6.07) is 15.5. The Morgan fingerprint density at radius 3 is 2.21 bits per heavy atom. The normalized spacial score (nSPS) is 14.4. The van der Waals surface area contributed by atoms with Crippen LogP contribution in [0, 0.1) is 0 Å². The predicted octanol–water partition coefficient (Wildman–Crippen LogP) is 3.17. The summed E-state index contributed by atoms with van der Waals surface area (Å²) in [7, 11) is 0. The molecule has 146 valence electrons. The number of hydrogen-bond donors (Lipinski definition) is 0. The number of ether oxygens (including phenoxy) is 2. The Morgan fingerprint density at radius 1 is 0.964 bits per heavy atom. The van der Waals surface area contributed by atoms with Gasteiger partial charge in [0.2, 0.25) is 6.10 Å². The van der Waals surface area contributed by atoms with Crippen molar-refractivity contribution in [3.05, 3.63) is 65.7 Å². The minimum absolute atomic E-state index is 0.0444. The Labute approximate surface area is 164 Å². The lowest BCUT2D eigenvalue weighted by Crippen LogP contribution is -2.35. The van der Waals surface area contributed by atoms with Crippen molar-refractivity contribution < 1.29 is 23.9 Å². The van der Waals surface area contributed by atoms with Crippen molar-refractivity contribution in [2.45, 2.75) is 25.9 Å². The maximum atomic E-state index is 12.8. The monoisotopic (exact) mass is 381 g/mol. The van der Waals surface area contributed by atoms with E-state index in [4.69, 9.17) is 9.47 Å². The van der Waals surface area contributed by atoms with Crippen LogP contribution in [0.1, 0.15) is 41.8 Å². The molecule has 1 aliphatic rings. The van der Waals surface area contributed by atoms with E-state index in [2.05, 4.69) is 0 Å². The van der Waals surface area contributed by atoms with E-state index in [-0.39, 0.29) is 18.3 Å². The van der Waals surface area contributed by atoms with Crippen LogP contribution in [0.3, 0.4) is 0 Å². The Hall–Kier alpha value is -3.15. The number of carbonyl (C=O) groups excluding carboxylic acids is 3. The van der Waals surface area contributed by atoms with Gasteiger partial charge in [0.15, 0.2) is 12.4 Å². The van der Waals surface area contributed by atoms with Crippen molar-refractivity contribution in [2.24, 2.45) is 0 Å². The molecule has 6 nitrogen and oxygen atoms in total. The van der Waals surface area contributed by atoms with Gasteiger partial charge in [0.1, 0.15) is 5.75 Å². The molecular weight excluding hydrogens is 358 g/mol. The molecule has 0 unspecified atom stereocenters. The zero-order chi connectivity index (χ0) is 19.9. The second kappa shape index (κ2) is 9.17. The molecule has 0 radical (unpaired) electrons. The lowest BCUT2D eigenvalue weighted by atomic mass is 10.1. The van der Waals surface area contributed by atoms with Gasteiger partial charge in [0.25, 0.3) is 5.91 Å². The zero-order valence-corrected chi connectivity index (χ0v) is 15.8. The van der Waals surface area contributed by atoms with Crippen LogP contribution in [0.2, 0.25) is 0 Å². The van der Waals surface area contributed by atoms with E-state index >= 15 is 0 Å². The molecule has 1 aliphatic heterocycles. The summed E-state index contributed by atoms with van der Waals surface area (Å²) in [5.74, 6) is -0.430. The number of hydrogen-bond acceptors (Lipinski definition) is 5. The van der Waals surface area contributed by atoms with Gasteiger partial charge in [-0.1, -0.05) is 30.3 Å². The number of benzene rings is 2. The Kier molecular flexibility index (Phi) is 6.42. The third-order valence-electron chi connectivity index (χ3n) is 4.61. The number of rotatable bonds is 7. The van der Waals surface area contributed by atoms with Gasteiger partial charge < -0.3 is 14.4 Å². The van der Waals surface area contributed by atoms with E-state index < -0.39 is 12.1 Å². The minimum atomic E-state index is -0.976. The van der Waals surface area contributed by atoms with Gasteiger partial charge in [-0.15, -0.1) is 0 Å². The van der Waals surface area contributed by atoms with Gasteiger partial charge in [-0.3, -0.25) is 9.59 Å². The number of esters is 1. The van der Waals surface area contributed by atoms with Crippen LogP contribution in [0.25, 0.3) is 0 Å². The summed E-state index contributed by atoms with van der Waals surface area (Å²) in [5, 5.41) is 0. The average molecular weight is 381 g/mol. The second-order valence-corrected chi connectivity index (χ2v) is 6.68. The van der Waals surface area contributed by atoms with Crippen molar-refractivity contribution >= 4 is 17.7 Å². The first-order valence-corrected chi connectivity index (χ1v) is 9.31. The molecule has 0 aromatic heterocycles. The Bertz CT molecular complexity index is 826. The highest BCUT2D eigenvalue weighted by molar-refractivity contribution is 5.94. The molecule has 2 aromatic rings. The van der Waals surface area contributed by atoms with Crippen molar-refractivity contribution in [3.8, 4) is 5.75 Å². The molecule has 0 bridgehead atoms. The van der Waals surface area contributed by atoms with E-state index in [0.717, 1.165) is 12.8 Å². The van der Waals surface area contributed by atoms with Gasteiger partial charge in [-0.25, -0.2) is 4.79 Å². The zero-order valence-electron chi connectivity index (χ0n) is 15.8. The van der Waals surface area contributed by atoms with Crippen LogP contribution in [-0.2, 0) is 14.3 Å². The van der Waals surface area contributed by atoms with Crippen LogP contribution >= 0.6 is 0 Å². The van der Waals surface area contributed by atoms with Crippen LogP contribution < -0.4 is 4.74 Å². The van der Waals surface area contributed by atoms with Gasteiger partial charge in [0.05, 0.1) is 0 Å². The Balaban J connectivity index is 1.63. The molecule has 6 heteroatoms. The van der Waals surface area contributed by atoms with E-state index in [1.54, 1.807) is 53.4 Å². The number of nitrogens with zero attached hydrogens (tertiary/aromatic N) is 1.